The molecule has 1 aromatic heterocycles. The normalized spacial score (nSPS) is 34.9. The molecular weight excluding hydrogens is 1060 g/mol. The number of nitrogens with zero attached hydrogens (tertiary/aromatic N) is 2. The molecule has 4 N–H and O–H groups in total. The second-order valence-electron chi connectivity index (χ2n) is 19.5. The SMILES string of the molecule is [3H]O[C@@H](C(=O)O[C@H]1C[C@@]2(O)[C@@H](OC(=O)c3ccccc3)[C@H]3[C@@](C)(C=C[C@H]4OC[C@]43O)[C@@H]3O[C@H](CN4CCOCC4)O[C@@H]3C(=C1C)C2(C)C)[C@@H](NC(=O)OC(C)(C)C)c1ccc(OC)cn1.[Ac]. The van der Waals surface area contributed by atoms with Crippen LogP contribution in [-0.2, 0) is 38.0 Å². The van der Waals surface area contributed by atoms with Crippen LogP contribution in [0.1, 0.15) is 77.0 Å². The van der Waals surface area contributed by atoms with Crippen molar-refractivity contribution in [1.82, 2.24) is 15.2 Å². The van der Waals surface area contributed by atoms with Gasteiger partial charge in [-0.15, -0.1) is 0 Å². The predicted molar refractivity (Wildman–Crippen MR) is 227 cm³/mol. The summed E-state index contributed by atoms with van der Waals surface area (Å²) in [5.41, 5.74) is -5.68. The summed E-state index contributed by atoms with van der Waals surface area (Å²) >= 11 is 0. The van der Waals surface area contributed by atoms with Gasteiger partial charge in [-0.05, 0) is 63.1 Å². The van der Waals surface area contributed by atoms with Gasteiger partial charge in [0.1, 0.15) is 59.1 Å². The Kier molecular flexibility index (Phi) is 14.0. The number of carbonyl (C=O) groups excluding carboxylic acids is 3. The molecule has 1 radical (unpaired) electrons. The van der Waals surface area contributed by atoms with E-state index in [1.165, 1.54) is 19.4 Å². The number of nitrogens with one attached hydrogen (secondary N) is 1. The summed E-state index contributed by atoms with van der Waals surface area (Å²) in [7, 11) is 1.46. The van der Waals surface area contributed by atoms with Gasteiger partial charge in [0.05, 0.1) is 44.4 Å². The number of benzene rings is 1. The topological polar surface area (TPSA) is 214 Å². The number of fused-ring (bicyclic) bond motifs is 8. The molecule has 0 spiro atoms. The molecule has 3 aliphatic carbocycles. The monoisotopic (exact) mass is 1120 g/mol. The Hall–Kier alpha value is -3.02. The number of carbonyl (C=O) groups is 3. The van der Waals surface area contributed by atoms with Crippen molar-refractivity contribution in [3.05, 3.63) is 83.2 Å². The van der Waals surface area contributed by atoms with Crippen LogP contribution in [0.2, 0.25) is 0 Å². The Morgan fingerprint density at radius 2 is 1.77 bits per heavy atom. The van der Waals surface area contributed by atoms with Gasteiger partial charge in [-0.3, -0.25) is 9.88 Å². The second kappa shape index (κ2) is 18.8. The minimum absolute atomic E-state index is 0. The van der Waals surface area contributed by atoms with Gasteiger partial charge in [-0.2, -0.15) is 0 Å². The summed E-state index contributed by atoms with van der Waals surface area (Å²) in [6, 6.07) is 10.0. The number of rotatable bonds is 11. The summed E-state index contributed by atoms with van der Waals surface area (Å²) in [6.07, 6.45) is -3.96. The Bertz CT molecular complexity index is 2170. The van der Waals surface area contributed by atoms with Crippen LogP contribution in [0.5, 0.6) is 5.75 Å². The number of aliphatic hydroxyl groups is 3. The van der Waals surface area contributed by atoms with Crippen molar-refractivity contribution in [2.45, 2.75) is 121 Å². The first-order valence-electron chi connectivity index (χ1n) is 22.3. The maximum atomic E-state index is 14.7. The zero-order valence-electron chi connectivity index (χ0n) is 39.2. The number of aromatic nitrogens is 1. The van der Waals surface area contributed by atoms with E-state index in [1.807, 2.05) is 26.8 Å². The van der Waals surface area contributed by atoms with Crippen LogP contribution in [0.25, 0.3) is 0 Å². The fourth-order valence-corrected chi connectivity index (χ4v) is 10.7. The minimum atomic E-state index is -2.09. The zero-order valence-corrected chi connectivity index (χ0v) is 42.9. The van der Waals surface area contributed by atoms with Crippen LogP contribution in [-0.4, -0.2) is 151 Å². The summed E-state index contributed by atoms with van der Waals surface area (Å²) in [6.45, 7) is 15.1. The molecule has 4 fully saturated rings. The Morgan fingerprint density at radius 3 is 2.38 bits per heavy atom. The average Bonchev–Trinajstić information content (AvgIpc) is 3.67. The molecule has 3 aliphatic heterocycles. The first kappa shape index (κ1) is 48.4. The van der Waals surface area contributed by atoms with Gasteiger partial charge in [0, 0.05) is 86.9 Å². The number of methoxy groups -OCH3 is 1. The van der Waals surface area contributed by atoms with Crippen LogP contribution in [0, 0.1) is 60.8 Å². The molecular formula is C47H61AcN3O14. The quantitative estimate of drug-likeness (QED) is 0.144. The third-order valence-electron chi connectivity index (χ3n) is 14.1. The van der Waals surface area contributed by atoms with Crippen LogP contribution in [0.4, 0.5) is 4.79 Å². The summed E-state index contributed by atoms with van der Waals surface area (Å²) in [4.78, 5) is 48.9. The number of morpholine rings is 1. The van der Waals surface area contributed by atoms with E-state index in [9.17, 15) is 24.6 Å². The van der Waals surface area contributed by atoms with Gasteiger partial charge in [-0.25, -0.2) is 14.4 Å². The first-order valence-corrected chi connectivity index (χ1v) is 21.9. The third kappa shape index (κ3) is 9.18. The van der Waals surface area contributed by atoms with Crippen LogP contribution in [0.3, 0.4) is 0 Å². The van der Waals surface area contributed by atoms with Crippen LogP contribution < -0.4 is 10.1 Å². The van der Waals surface area contributed by atoms with E-state index >= 15 is 0 Å². The molecule has 1 aromatic carbocycles. The fraction of sp³-hybridized carbons (Fsp3) is 0.617. The van der Waals surface area contributed by atoms with Gasteiger partial charge < -0.3 is 58.5 Å². The number of ether oxygens (including phenoxy) is 8. The Morgan fingerprint density at radius 1 is 1.05 bits per heavy atom. The third-order valence-corrected chi connectivity index (χ3v) is 14.1. The molecule has 8 rings (SSSR count). The summed E-state index contributed by atoms with van der Waals surface area (Å²) in [5.74, 6) is -2.48. The predicted octanol–water partition coefficient (Wildman–Crippen LogP) is 3.41. The summed E-state index contributed by atoms with van der Waals surface area (Å²) < 4.78 is 57.4. The van der Waals surface area contributed by atoms with Crippen molar-refractivity contribution in [3.63, 3.8) is 0 Å². The molecule has 2 bridgehead atoms. The number of esters is 2. The Labute approximate surface area is 416 Å². The molecule has 4 heterocycles. The van der Waals surface area contributed by atoms with E-state index < -0.39 is 101 Å². The second-order valence-corrected chi connectivity index (χ2v) is 19.5. The van der Waals surface area contributed by atoms with Crippen molar-refractivity contribution in [2.75, 3.05) is 46.6 Å². The molecule has 3 saturated heterocycles. The van der Waals surface area contributed by atoms with Crippen molar-refractivity contribution in [1.29, 1.82) is 1.43 Å². The van der Waals surface area contributed by atoms with Crippen molar-refractivity contribution < 1.29 is 112 Å². The summed E-state index contributed by atoms with van der Waals surface area (Å²) in [5, 5.41) is 34.4. The Balaban J connectivity index is 0.00000648. The zero-order chi connectivity index (χ0) is 46.7. The standard InChI is InChI=1S/C47H61N3O14.Ac/c1-26-30(60-41(53)35(51)34(49-42(54)64-43(2,3)4)29-15-14-28(57-8)23-48-29)22-47(56)39(63-40(52)27-12-10-9-11-13-27)37-45(7,17-16-31-46(37,55)25-59-31)38-36(33(26)44(47,5)6)61-32(62-38)24-50-18-20-58-21-19-50;/h9-17,23,30-32,34-39,51,55-56H,18-22,24-25H2,1-8H3,(H,49,54);/t30-,31+,32+,34-,35+,36+,37-,38+,39-,45+,46-,47+;/m0./s1/i51T;. The number of hydrogen-bond donors (Lipinski definition) is 4. The maximum Gasteiger partial charge on any atom is 0.408 e. The molecule has 12 atom stereocenters. The number of aliphatic hydroxyl groups excluding tert-OH is 1. The number of alkyl carbamates (subject to hydrolysis) is 1. The van der Waals surface area contributed by atoms with Crippen molar-refractivity contribution in [3.8, 4) is 5.75 Å². The van der Waals surface area contributed by atoms with E-state index in [0.717, 1.165) is 0 Å². The minimum Gasteiger partial charge on any atom is -0.495 e. The molecule has 1 saturated carbocycles. The van der Waals surface area contributed by atoms with Gasteiger partial charge in [-0.1, -0.05) is 51.1 Å². The average molecular weight is 1120 g/mol. The van der Waals surface area contributed by atoms with E-state index in [0.29, 0.717) is 49.7 Å². The van der Waals surface area contributed by atoms with E-state index in [1.54, 1.807) is 70.2 Å². The smallest absolute Gasteiger partial charge is 0.408 e. The van der Waals surface area contributed by atoms with E-state index in [4.69, 9.17) is 44.4 Å². The van der Waals surface area contributed by atoms with Crippen LogP contribution >= 0.6 is 0 Å². The first-order chi connectivity index (χ1) is 30.7. The maximum absolute atomic E-state index is 14.7. The number of amides is 1. The van der Waals surface area contributed by atoms with Gasteiger partial charge in [0.15, 0.2) is 12.4 Å². The van der Waals surface area contributed by atoms with Crippen LogP contribution in [0.15, 0.2) is 72.0 Å². The molecule has 2 aromatic rings. The molecule has 6 aliphatic rings. The molecule has 351 valence electrons. The number of pyridine rings is 1. The fourth-order valence-electron chi connectivity index (χ4n) is 10.7. The van der Waals surface area contributed by atoms with Crippen molar-refractivity contribution in [2.24, 2.45) is 16.7 Å². The van der Waals surface area contributed by atoms with Gasteiger partial charge >= 0.3 is 18.0 Å². The van der Waals surface area contributed by atoms with Gasteiger partial charge in [0.25, 0.3) is 0 Å². The molecule has 17 nitrogen and oxygen atoms in total. The van der Waals surface area contributed by atoms with E-state index in [-0.39, 0.29) is 68.3 Å². The molecule has 18 heteroatoms. The van der Waals surface area contributed by atoms with E-state index in [2.05, 4.69) is 15.2 Å². The molecule has 65 heavy (non-hydrogen) atoms. The largest absolute Gasteiger partial charge is 0.495 e. The molecule has 1 amide bonds. The molecule has 0 unspecified atom stereocenters. The van der Waals surface area contributed by atoms with Gasteiger partial charge in [0.2, 0.25) is 1.43 Å². The van der Waals surface area contributed by atoms with Crippen molar-refractivity contribution >= 4 is 18.0 Å². The number of hydrogen-bond acceptors (Lipinski definition) is 16.